The van der Waals surface area contributed by atoms with Crippen LogP contribution in [0.2, 0.25) is 5.02 Å². The summed E-state index contributed by atoms with van der Waals surface area (Å²) in [6.07, 6.45) is 2.29. The summed E-state index contributed by atoms with van der Waals surface area (Å²) in [6, 6.07) is 11.9. The number of hydrogen-bond acceptors (Lipinski definition) is 5. The van der Waals surface area contributed by atoms with Crippen LogP contribution in [0.1, 0.15) is 17.9 Å². The summed E-state index contributed by atoms with van der Waals surface area (Å²) in [6.45, 7) is 0. The van der Waals surface area contributed by atoms with Gasteiger partial charge >= 0.3 is 0 Å². The van der Waals surface area contributed by atoms with Crippen molar-refractivity contribution in [1.82, 2.24) is 9.78 Å². The van der Waals surface area contributed by atoms with Gasteiger partial charge in [0.15, 0.2) is 0 Å². The maximum Gasteiger partial charge on any atom is 0.292 e. The molecule has 0 amide bonds. The fourth-order valence-electron chi connectivity index (χ4n) is 3.07. The van der Waals surface area contributed by atoms with Crippen LogP contribution >= 0.6 is 11.6 Å². The third kappa shape index (κ3) is 3.46. The van der Waals surface area contributed by atoms with Gasteiger partial charge in [0.05, 0.1) is 22.5 Å². The summed E-state index contributed by atoms with van der Waals surface area (Å²) in [4.78, 5) is 22.8. The molecule has 1 N–H and O–H groups in total. The Morgan fingerprint density at radius 3 is 2.50 bits per heavy atom. The number of nitro groups is 1. The molecule has 0 saturated heterocycles. The van der Waals surface area contributed by atoms with Crippen molar-refractivity contribution in [3.8, 4) is 5.69 Å². The maximum atomic E-state index is 13.0. The van der Waals surface area contributed by atoms with Crippen molar-refractivity contribution in [2.24, 2.45) is 0 Å². The Morgan fingerprint density at radius 2 is 1.86 bits per heavy atom. The van der Waals surface area contributed by atoms with Gasteiger partial charge in [0.1, 0.15) is 10.8 Å². The topological polar surface area (TPSA) is 90.1 Å². The average Bonchev–Trinajstić information content (AvgIpc) is 3.45. The van der Waals surface area contributed by atoms with Gasteiger partial charge in [-0.25, -0.2) is 4.39 Å². The molecule has 142 valence electrons. The van der Waals surface area contributed by atoms with Crippen LogP contribution < -0.4 is 10.9 Å². The van der Waals surface area contributed by atoms with Gasteiger partial charge in [0, 0.05) is 24.1 Å². The second-order valence-electron chi connectivity index (χ2n) is 6.51. The van der Waals surface area contributed by atoms with Gasteiger partial charge < -0.3 is 5.32 Å². The van der Waals surface area contributed by atoms with Crippen molar-refractivity contribution in [2.45, 2.75) is 18.4 Å². The van der Waals surface area contributed by atoms with E-state index in [0.717, 1.165) is 16.7 Å². The van der Waals surface area contributed by atoms with Crippen LogP contribution in [0, 0.1) is 15.9 Å². The molecule has 0 spiro atoms. The SMILES string of the molecule is O=c1c(Cl)c(N[C@@H]2C[C@H]2c2ccc(F)cc2)cnn1-c1ccc([N+](=O)[O-])cc1. The molecule has 2 atom stereocenters. The van der Waals surface area contributed by atoms with E-state index in [1.165, 1.54) is 42.6 Å². The first-order valence-corrected chi connectivity index (χ1v) is 8.86. The van der Waals surface area contributed by atoms with Crippen molar-refractivity contribution >= 4 is 23.0 Å². The van der Waals surface area contributed by atoms with Crippen molar-refractivity contribution in [3.63, 3.8) is 0 Å². The zero-order valence-corrected chi connectivity index (χ0v) is 15.1. The van der Waals surface area contributed by atoms with E-state index >= 15 is 0 Å². The Morgan fingerprint density at radius 1 is 1.18 bits per heavy atom. The molecule has 4 rings (SSSR count). The third-order valence-electron chi connectivity index (χ3n) is 4.65. The first-order chi connectivity index (χ1) is 13.4. The van der Waals surface area contributed by atoms with Crippen molar-refractivity contribution in [2.75, 3.05) is 5.32 Å². The van der Waals surface area contributed by atoms with Gasteiger partial charge in [-0.1, -0.05) is 23.7 Å². The molecule has 28 heavy (non-hydrogen) atoms. The Balaban J connectivity index is 1.53. The zero-order chi connectivity index (χ0) is 19.8. The molecule has 1 heterocycles. The maximum absolute atomic E-state index is 13.0. The van der Waals surface area contributed by atoms with E-state index < -0.39 is 10.5 Å². The number of nitrogens with zero attached hydrogens (tertiary/aromatic N) is 3. The smallest absolute Gasteiger partial charge is 0.292 e. The minimum absolute atomic E-state index is 0.0156. The first-order valence-electron chi connectivity index (χ1n) is 8.48. The fraction of sp³-hybridized carbons (Fsp3) is 0.158. The third-order valence-corrected chi connectivity index (χ3v) is 5.02. The van der Waals surface area contributed by atoms with E-state index in [1.54, 1.807) is 12.1 Å². The summed E-state index contributed by atoms with van der Waals surface area (Å²) in [5.74, 6) is -0.0650. The van der Waals surface area contributed by atoms with Crippen molar-refractivity contribution in [3.05, 3.63) is 91.6 Å². The minimum Gasteiger partial charge on any atom is -0.379 e. The molecule has 0 bridgehead atoms. The van der Waals surface area contributed by atoms with Gasteiger partial charge in [0.2, 0.25) is 0 Å². The van der Waals surface area contributed by atoms with E-state index in [0.29, 0.717) is 11.4 Å². The molecule has 0 radical (unpaired) electrons. The van der Waals surface area contributed by atoms with Crippen LogP contribution in [0.3, 0.4) is 0 Å². The quantitative estimate of drug-likeness (QED) is 0.518. The largest absolute Gasteiger partial charge is 0.379 e. The number of nitro benzene ring substituents is 1. The summed E-state index contributed by atoms with van der Waals surface area (Å²) in [7, 11) is 0. The number of halogens is 2. The summed E-state index contributed by atoms with van der Waals surface area (Å²) >= 11 is 6.22. The molecule has 1 aliphatic carbocycles. The van der Waals surface area contributed by atoms with Gasteiger partial charge in [-0.2, -0.15) is 9.78 Å². The Hall–Kier alpha value is -3.26. The molecule has 0 unspecified atom stereocenters. The Bertz CT molecular complexity index is 1100. The van der Waals surface area contributed by atoms with E-state index in [2.05, 4.69) is 10.4 Å². The number of anilines is 1. The molecule has 3 aromatic rings. The monoisotopic (exact) mass is 400 g/mol. The van der Waals surface area contributed by atoms with Crippen LogP contribution in [0.5, 0.6) is 0 Å². The molecule has 7 nitrogen and oxygen atoms in total. The standard InChI is InChI=1S/C19H14ClFN4O3/c20-18-17(23-16-9-15(16)11-1-3-12(21)4-2-11)10-22-24(19(18)26)13-5-7-14(8-6-13)25(27)28/h1-8,10,15-16,23H,9H2/t15-,16+/m0/s1. The first kappa shape index (κ1) is 18.1. The average molecular weight is 401 g/mol. The van der Waals surface area contributed by atoms with Gasteiger partial charge in [0.25, 0.3) is 11.2 Å². The minimum atomic E-state index is -0.528. The molecular weight excluding hydrogens is 387 g/mol. The van der Waals surface area contributed by atoms with E-state index in [9.17, 15) is 19.3 Å². The number of hydrogen-bond donors (Lipinski definition) is 1. The highest BCUT2D eigenvalue weighted by Crippen LogP contribution is 2.43. The molecule has 9 heteroatoms. The van der Waals surface area contributed by atoms with Crippen molar-refractivity contribution < 1.29 is 9.31 Å². The number of benzene rings is 2. The second kappa shape index (κ2) is 7.05. The Labute approximate surface area is 163 Å². The summed E-state index contributed by atoms with van der Waals surface area (Å²) < 4.78 is 14.1. The lowest BCUT2D eigenvalue weighted by Crippen LogP contribution is -2.23. The number of aromatic nitrogens is 2. The van der Waals surface area contributed by atoms with Crippen LogP contribution in [0.15, 0.2) is 59.5 Å². The highest BCUT2D eigenvalue weighted by molar-refractivity contribution is 6.33. The van der Waals surface area contributed by atoms with E-state index in [4.69, 9.17) is 11.6 Å². The molecule has 2 aromatic carbocycles. The highest BCUT2D eigenvalue weighted by atomic mass is 35.5. The fourth-order valence-corrected chi connectivity index (χ4v) is 3.25. The molecule has 0 aliphatic heterocycles. The van der Waals surface area contributed by atoms with E-state index in [-0.39, 0.29) is 28.5 Å². The molecule has 1 aromatic heterocycles. The van der Waals surface area contributed by atoms with Crippen molar-refractivity contribution in [1.29, 1.82) is 0 Å². The van der Waals surface area contributed by atoms with Crippen LogP contribution in [-0.2, 0) is 0 Å². The highest BCUT2D eigenvalue weighted by Gasteiger charge is 2.38. The second-order valence-corrected chi connectivity index (χ2v) is 6.89. The predicted molar refractivity (Wildman–Crippen MR) is 103 cm³/mol. The normalized spacial score (nSPS) is 17.9. The van der Waals surface area contributed by atoms with Gasteiger partial charge in [-0.05, 0) is 36.2 Å². The number of rotatable bonds is 5. The molecule has 1 aliphatic rings. The molecular formula is C19H14ClFN4O3. The lowest BCUT2D eigenvalue weighted by Gasteiger charge is -2.10. The molecule has 1 saturated carbocycles. The number of nitrogens with one attached hydrogen (secondary N) is 1. The lowest BCUT2D eigenvalue weighted by atomic mass is 10.1. The van der Waals surface area contributed by atoms with Crippen LogP contribution in [0.4, 0.5) is 15.8 Å². The summed E-state index contributed by atoms with van der Waals surface area (Å²) in [5, 5.41) is 18.0. The van der Waals surface area contributed by atoms with E-state index in [1.807, 2.05) is 0 Å². The van der Waals surface area contributed by atoms with Gasteiger partial charge in [-0.3, -0.25) is 14.9 Å². The zero-order valence-electron chi connectivity index (χ0n) is 14.4. The van der Waals surface area contributed by atoms with Crippen LogP contribution in [0.25, 0.3) is 5.69 Å². The Kier molecular flexibility index (Phi) is 4.56. The molecule has 1 fully saturated rings. The van der Waals surface area contributed by atoms with Gasteiger partial charge in [-0.15, -0.1) is 0 Å². The summed E-state index contributed by atoms with van der Waals surface area (Å²) in [5.41, 5.74) is 1.20. The van der Waals surface area contributed by atoms with Crippen LogP contribution in [-0.4, -0.2) is 20.7 Å². The predicted octanol–water partition coefficient (Wildman–Crippen LogP) is 3.90. The number of non-ortho nitro benzene ring substituents is 1. The lowest BCUT2D eigenvalue weighted by molar-refractivity contribution is -0.384.